The van der Waals surface area contributed by atoms with Gasteiger partial charge < -0.3 is 30.4 Å². The number of amides is 3. The Balaban J connectivity index is 0.00000405. The number of carboxylic acid groups (broad SMARTS) is 1. The molecule has 5 rings (SSSR count). The molecule has 2 aliphatic heterocycles. The number of aliphatic carboxylic acids is 1. The molecule has 0 radical (unpaired) electrons. The Morgan fingerprint density at radius 3 is 2.60 bits per heavy atom. The fraction of sp³-hybridized carbons (Fsp3) is 0.222. The van der Waals surface area contributed by atoms with Crippen LogP contribution in [0.25, 0.3) is 11.0 Å². The summed E-state index contributed by atoms with van der Waals surface area (Å²) in [7, 11) is 0. The van der Waals surface area contributed by atoms with Crippen LogP contribution in [0.5, 0.6) is 5.75 Å². The van der Waals surface area contributed by atoms with Crippen molar-refractivity contribution in [1.82, 2.24) is 25.5 Å². The Bertz CT molecular complexity index is 1620. The first-order valence-corrected chi connectivity index (χ1v) is 13.3. The van der Waals surface area contributed by atoms with Crippen LogP contribution < -0.4 is 45.3 Å². The van der Waals surface area contributed by atoms with Gasteiger partial charge in [0.2, 0.25) is 5.91 Å². The number of benzene rings is 1. The molecule has 3 aromatic rings. The Morgan fingerprint density at radius 2 is 1.90 bits per heavy atom. The van der Waals surface area contributed by atoms with E-state index in [1.165, 1.54) is 31.1 Å². The third-order valence-corrected chi connectivity index (χ3v) is 7.84. The first-order valence-electron chi connectivity index (χ1n) is 12.3. The van der Waals surface area contributed by atoms with Crippen LogP contribution in [0, 0.1) is 0 Å². The molecule has 15 heteroatoms. The van der Waals surface area contributed by atoms with Crippen LogP contribution in [0.2, 0.25) is 0 Å². The van der Waals surface area contributed by atoms with Crippen molar-refractivity contribution in [2.24, 2.45) is 0 Å². The maximum absolute atomic E-state index is 13.5. The van der Waals surface area contributed by atoms with Crippen LogP contribution in [0.1, 0.15) is 28.9 Å². The van der Waals surface area contributed by atoms with Gasteiger partial charge in [-0.3, -0.25) is 34.0 Å². The van der Waals surface area contributed by atoms with Crippen LogP contribution in [0.4, 0.5) is 0 Å². The van der Waals surface area contributed by atoms with Gasteiger partial charge in [0, 0.05) is 30.6 Å². The van der Waals surface area contributed by atoms with E-state index in [2.05, 4.69) is 20.6 Å². The summed E-state index contributed by atoms with van der Waals surface area (Å²) in [6.07, 6.45) is 2.61. The van der Waals surface area contributed by atoms with Gasteiger partial charge in [0.15, 0.2) is 5.75 Å². The number of esters is 1. The molecule has 2 unspecified atom stereocenters. The number of hydrogen-bond acceptors (Lipinski definition) is 11. The van der Waals surface area contributed by atoms with Crippen molar-refractivity contribution in [1.29, 1.82) is 0 Å². The number of carboxylic acids is 1. The van der Waals surface area contributed by atoms with E-state index in [0.29, 0.717) is 11.1 Å². The number of β-lactam (4-membered cyclic amide) rings is 1. The zero-order chi connectivity index (χ0) is 29.3. The number of aromatic hydroxyl groups is 1. The molecule has 2 aromatic heterocycles. The summed E-state index contributed by atoms with van der Waals surface area (Å²) in [6.45, 7) is 0.863. The summed E-state index contributed by atoms with van der Waals surface area (Å²) < 4.78 is 4.91. The van der Waals surface area contributed by atoms with Gasteiger partial charge in [0.25, 0.3) is 11.8 Å². The Hall–Kier alpha value is -3.98. The number of hydrogen-bond donors (Lipinski definition) is 3. The van der Waals surface area contributed by atoms with Gasteiger partial charge in [-0.15, -0.1) is 11.8 Å². The van der Waals surface area contributed by atoms with Gasteiger partial charge in [-0.25, -0.2) is 0 Å². The predicted molar refractivity (Wildman–Crippen MR) is 142 cm³/mol. The van der Waals surface area contributed by atoms with Crippen molar-refractivity contribution < 1.29 is 68.5 Å². The summed E-state index contributed by atoms with van der Waals surface area (Å²) in [6, 6.07) is 9.12. The zero-order valence-electron chi connectivity index (χ0n) is 22.4. The summed E-state index contributed by atoms with van der Waals surface area (Å²) in [4.78, 5) is 72.0. The van der Waals surface area contributed by atoms with E-state index < -0.39 is 58.6 Å². The minimum absolute atomic E-state index is 0. The van der Waals surface area contributed by atoms with Crippen molar-refractivity contribution in [3.05, 3.63) is 77.3 Å². The van der Waals surface area contributed by atoms with E-state index in [1.54, 1.807) is 42.5 Å². The largest absolute Gasteiger partial charge is 1.00 e. The number of pyridine rings is 2. The quantitative estimate of drug-likeness (QED) is 0.134. The van der Waals surface area contributed by atoms with Crippen LogP contribution in [0.15, 0.2) is 66.1 Å². The molecule has 210 valence electrons. The number of ether oxygens (including phenoxy) is 1. The second kappa shape index (κ2) is 12.9. The smallest absolute Gasteiger partial charge is 0.543 e. The van der Waals surface area contributed by atoms with E-state index in [1.807, 2.05) is 0 Å². The maximum atomic E-state index is 13.5. The van der Waals surface area contributed by atoms with Gasteiger partial charge >= 0.3 is 35.5 Å². The summed E-state index contributed by atoms with van der Waals surface area (Å²) in [5, 5.41) is 27.0. The molecule has 42 heavy (non-hydrogen) atoms. The van der Waals surface area contributed by atoms with Gasteiger partial charge in [-0.05, 0) is 17.7 Å². The number of fused-ring (bicyclic) bond motifs is 2. The molecule has 2 aliphatic rings. The van der Waals surface area contributed by atoms with Crippen molar-refractivity contribution in [3.63, 3.8) is 0 Å². The minimum atomic E-state index is -1.61. The number of carbonyl (C=O) groups is 5. The van der Waals surface area contributed by atoms with Gasteiger partial charge in [0.05, 0.1) is 17.2 Å². The Kier molecular flexibility index (Phi) is 9.51. The van der Waals surface area contributed by atoms with Crippen molar-refractivity contribution in [3.8, 4) is 5.75 Å². The van der Waals surface area contributed by atoms with Crippen molar-refractivity contribution >= 4 is 52.5 Å². The second-order valence-corrected chi connectivity index (χ2v) is 10.2. The topological polar surface area (TPSA) is 191 Å². The molecular weight excluding hydrogens is 577 g/mol. The molecule has 3 amide bonds. The Labute approximate surface area is 265 Å². The number of nitrogens with zero attached hydrogens (tertiary/aromatic N) is 3. The van der Waals surface area contributed by atoms with Crippen LogP contribution in [-0.4, -0.2) is 73.4 Å². The number of carbonyl (C=O) groups excluding carboxylic acids is 5. The molecule has 1 aromatic carbocycles. The molecule has 0 aliphatic carbocycles. The molecule has 1 fully saturated rings. The number of nitrogens with one attached hydrogen (secondary N) is 2. The zero-order valence-corrected chi connectivity index (χ0v) is 25.2. The SMILES string of the molecule is CC(=O)OCC1=C(C(=O)[O-])N2C(=O)C(NC(=O)C(NC(=O)c3cnc4cccnc4c3O)c3ccccc3)[C@H]2SC1.[Na+]. The van der Waals surface area contributed by atoms with Crippen molar-refractivity contribution in [2.45, 2.75) is 24.4 Å². The monoisotopic (exact) mass is 599 g/mol. The second-order valence-electron chi connectivity index (χ2n) is 9.12. The van der Waals surface area contributed by atoms with E-state index in [-0.39, 0.29) is 58.6 Å². The molecule has 13 nitrogen and oxygen atoms in total. The predicted octanol–water partition coefficient (Wildman–Crippen LogP) is -3.22. The first kappa shape index (κ1) is 31.0. The summed E-state index contributed by atoms with van der Waals surface area (Å²) in [5.74, 6) is -4.75. The average Bonchev–Trinajstić information content (AvgIpc) is 2.97. The third-order valence-electron chi connectivity index (χ3n) is 6.50. The van der Waals surface area contributed by atoms with E-state index >= 15 is 0 Å². The third kappa shape index (κ3) is 5.97. The molecule has 3 N–H and O–H groups in total. The normalized spacial score (nSPS) is 18.2. The van der Waals surface area contributed by atoms with Crippen LogP contribution in [-0.2, 0) is 23.9 Å². The van der Waals surface area contributed by atoms with Crippen LogP contribution >= 0.6 is 11.8 Å². The molecule has 3 atom stereocenters. The van der Waals surface area contributed by atoms with Crippen molar-refractivity contribution in [2.75, 3.05) is 12.4 Å². The fourth-order valence-corrected chi connectivity index (χ4v) is 5.86. The van der Waals surface area contributed by atoms with Gasteiger partial charge in [-0.1, -0.05) is 30.3 Å². The average molecular weight is 600 g/mol. The fourth-order valence-electron chi connectivity index (χ4n) is 4.54. The number of aromatic nitrogens is 2. The molecule has 1 saturated heterocycles. The maximum Gasteiger partial charge on any atom is 1.00 e. The molecular formula is C27H22N5NaO8S. The molecule has 0 bridgehead atoms. The Morgan fingerprint density at radius 1 is 1.17 bits per heavy atom. The van der Waals surface area contributed by atoms with Gasteiger partial charge in [-0.2, -0.15) is 0 Å². The number of rotatable bonds is 8. The minimum Gasteiger partial charge on any atom is -0.543 e. The summed E-state index contributed by atoms with van der Waals surface area (Å²) >= 11 is 1.18. The van der Waals surface area contributed by atoms with E-state index in [9.17, 15) is 34.2 Å². The molecule has 0 saturated carbocycles. The molecule has 4 heterocycles. The standard InChI is InChI=1S/C27H23N5O8S.Na/c1-13(33)40-11-15-12-41-26-20(25(37)32(26)21(15)27(38)39)31-24(36)18(14-6-3-2-4-7-14)30-23(35)16-10-29-17-8-5-9-28-19(17)22(16)34;/h2-10,18,20,26H,11-12H2,1H3,(H,29,34)(H,30,35)(H,31,36)(H,38,39);/q;+1/p-1/t18?,20?,26-;/m1./s1. The molecule has 0 spiro atoms. The van der Waals surface area contributed by atoms with Gasteiger partial charge in [0.1, 0.15) is 35.1 Å². The number of thioether (sulfide) groups is 1. The van der Waals surface area contributed by atoms with E-state index in [0.717, 1.165) is 4.90 Å². The van der Waals surface area contributed by atoms with Crippen LogP contribution in [0.3, 0.4) is 0 Å². The summed E-state index contributed by atoms with van der Waals surface area (Å²) in [5.41, 5.74) is 0.475. The first-order chi connectivity index (χ1) is 19.7. The van der Waals surface area contributed by atoms with E-state index in [4.69, 9.17) is 4.74 Å².